The van der Waals surface area contributed by atoms with Crippen molar-refractivity contribution in [1.82, 2.24) is 24.6 Å². The molecule has 0 bridgehead atoms. The van der Waals surface area contributed by atoms with Gasteiger partial charge in [-0.15, -0.1) is 0 Å². The highest BCUT2D eigenvalue weighted by Gasteiger charge is 2.26. The van der Waals surface area contributed by atoms with Gasteiger partial charge in [-0.05, 0) is 62.7 Å². The predicted octanol–water partition coefficient (Wildman–Crippen LogP) is 3.73. The minimum atomic E-state index is 0.0596. The summed E-state index contributed by atoms with van der Waals surface area (Å²) in [5.41, 5.74) is 3.90. The highest BCUT2D eigenvalue weighted by molar-refractivity contribution is 5.92. The summed E-state index contributed by atoms with van der Waals surface area (Å²) in [4.78, 5) is 21.6. The number of rotatable bonds is 9. The van der Waals surface area contributed by atoms with Crippen molar-refractivity contribution >= 4 is 5.91 Å². The molecule has 1 aliphatic heterocycles. The van der Waals surface area contributed by atoms with E-state index in [4.69, 9.17) is 4.74 Å². The number of nitrogens with zero attached hydrogens (tertiary/aromatic N) is 5. The number of hydrogen-bond donors (Lipinski definition) is 0. The molecule has 1 aliphatic rings. The van der Waals surface area contributed by atoms with Gasteiger partial charge in [-0.2, -0.15) is 5.10 Å². The Balaban J connectivity index is 1.22. The van der Waals surface area contributed by atoms with Crippen LogP contribution in [0.15, 0.2) is 54.7 Å². The molecule has 180 valence electrons. The Morgan fingerprint density at radius 2 is 2.03 bits per heavy atom. The number of likely N-dealkylation sites (tertiary alicyclic amines) is 1. The van der Waals surface area contributed by atoms with E-state index in [9.17, 15) is 4.79 Å². The van der Waals surface area contributed by atoms with Crippen LogP contribution in [0.3, 0.4) is 0 Å². The lowest BCUT2D eigenvalue weighted by molar-refractivity contribution is 0.0622. The second-order valence-corrected chi connectivity index (χ2v) is 9.32. The molecule has 1 fully saturated rings. The van der Waals surface area contributed by atoms with Crippen molar-refractivity contribution in [3.05, 3.63) is 77.4 Å². The number of carbonyl (C=O) groups is 1. The fourth-order valence-electron chi connectivity index (χ4n) is 4.51. The summed E-state index contributed by atoms with van der Waals surface area (Å²) in [5, 5.41) is 4.31. The third kappa shape index (κ3) is 6.44. The molecular weight excluding hydrogens is 426 g/mol. The molecule has 0 saturated carbocycles. The number of ether oxygens (including phenoxy) is 1. The molecule has 1 atom stereocenters. The minimum Gasteiger partial charge on any atom is -0.493 e. The Hall–Kier alpha value is -3.19. The van der Waals surface area contributed by atoms with E-state index in [1.807, 2.05) is 55.4 Å². The van der Waals surface area contributed by atoms with E-state index in [0.717, 1.165) is 62.6 Å². The second kappa shape index (κ2) is 11.3. The second-order valence-electron chi connectivity index (χ2n) is 9.32. The quantitative estimate of drug-likeness (QED) is 0.486. The summed E-state index contributed by atoms with van der Waals surface area (Å²) in [7, 11) is 3.96. The fourth-order valence-corrected chi connectivity index (χ4v) is 4.51. The van der Waals surface area contributed by atoms with E-state index in [-0.39, 0.29) is 5.91 Å². The third-order valence-corrected chi connectivity index (χ3v) is 6.36. The van der Waals surface area contributed by atoms with Gasteiger partial charge in [-0.25, -0.2) is 0 Å². The molecule has 4 rings (SSSR count). The molecule has 0 aliphatic carbocycles. The lowest BCUT2D eigenvalue weighted by atomic mass is 9.98. The summed E-state index contributed by atoms with van der Waals surface area (Å²) in [6.07, 6.45) is 4.87. The SMILES string of the molecule is Cc1cc(C(=O)N2CCC[C@@H](COc3ccc(CN(C)CCc4ccccn4)cc3)C2)n(C)n1. The van der Waals surface area contributed by atoms with Crippen LogP contribution in [-0.2, 0) is 20.0 Å². The number of aromatic nitrogens is 3. The van der Waals surface area contributed by atoms with Crippen LogP contribution in [0.2, 0.25) is 0 Å². The predicted molar refractivity (Wildman–Crippen MR) is 133 cm³/mol. The van der Waals surface area contributed by atoms with Gasteiger partial charge in [0.15, 0.2) is 0 Å². The van der Waals surface area contributed by atoms with Gasteiger partial charge in [-0.1, -0.05) is 18.2 Å². The number of piperidine rings is 1. The van der Waals surface area contributed by atoms with Gasteiger partial charge in [0.05, 0.1) is 12.3 Å². The monoisotopic (exact) mass is 461 g/mol. The number of hydrogen-bond acceptors (Lipinski definition) is 5. The van der Waals surface area contributed by atoms with Crippen LogP contribution in [0.25, 0.3) is 0 Å². The number of carbonyl (C=O) groups excluding carboxylic acids is 1. The number of amides is 1. The molecule has 3 heterocycles. The van der Waals surface area contributed by atoms with Crippen molar-refractivity contribution < 1.29 is 9.53 Å². The minimum absolute atomic E-state index is 0.0596. The van der Waals surface area contributed by atoms with Gasteiger partial charge in [0.2, 0.25) is 0 Å². The van der Waals surface area contributed by atoms with Crippen molar-refractivity contribution in [2.45, 2.75) is 32.7 Å². The summed E-state index contributed by atoms with van der Waals surface area (Å²) in [6, 6.07) is 16.3. The first-order valence-electron chi connectivity index (χ1n) is 12.1. The molecule has 0 N–H and O–H groups in total. The summed E-state index contributed by atoms with van der Waals surface area (Å²) >= 11 is 0. The first kappa shape index (κ1) is 24.0. The zero-order valence-electron chi connectivity index (χ0n) is 20.5. The van der Waals surface area contributed by atoms with Gasteiger partial charge >= 0.3 is 0 Å². The molecular formula is C27H35N5O2. The maximum absolute atomic E-state index is 12.9. The van der Waals surface area contributed by atoms with Gasteiger partial charge < -0.3 is 14.5 Å². The van der Waals surface area contributed by atoms with Crippen molar-refractivity contribution in [2.24, 2.45) is 13.0 Å². The Morgan fingerprint density at radius 1 is 1.21 bits per heavy atom. The molecule has 1 aromatic carbocycles. The fraction of sp³-hybridized carbons (Fsp3) is 0.444. The molecule has 2 aromatic heterocycles. The van der Waals surface area contributed by atoms with Crippen molar-refractivity contribution in [3.63, 3.8) is 0 Å². The summed E-state index contributed by atoms with van der Waals surface area (Å²) in [5.74, 6) is 1.28. The number of benzene rings is 1. The Morgan fingerprint density at radius 3 is 2.74 bits per heavy atom. The number of aryl methyl sites for hydroxylation is 2. The molecule has 1 amide bonds. The molecule has 1 saturated heterocycles. The van der Waals surface area contributed by atoms with E-state index in [1.165, 1.54) is 5.56 Å². The lowest BCUT2D eigenvalue weighted by Crippen LogP contribution is -2.42. The normalized spacial score (nSPS) is 16.1. The maximum Gasteiger partial charge on any atom is 0.272 e. The van der Waals surface area contributed by atoms with Crippen molar-refractivity contribution in [1.29, 1.82) is 0 Å². The maximum atomic E-state index is 12.9. The molecule has 0 spiro atoms. The Kier molecular flexibility index (Phi) is 7.95. The van der Waals surface area contributed by atoms with Crippen molar-refractivity contribution in [3.8, 4) is 5.75 Å². The average molecular weight is 462 g/mol. The molecule has 7 nitrogen and oxygen atoms in total. The van der Waals surface area contributed by atoms with Gasteiger partial charge in [-0.3, -0.25) is 14.5 Å². The average Bonchev–Trinajstić information content (AvgIpc) is 3.20. The standard InChI is InChI=1S/C27H35N5O2/c1-21-17-26(31(3)29-21)27(33)32-15-6-7-23(19-32)20-34-25-11-9-22(10-12-25)18-30(2)16-13-24-8-4-5-14-28-24/h4-5,8-12,14,17,23H,6-7,13,15-16,18-20H2,1-3H3/t23-/m1/s1. The van der Waals surface area contributed by atoms with E-state index in [2.05, 4.69) is 40.2 Å². The molecule has 0 unspecified atom stereocenters. The Bertz CT molecular complexity index is 1060. The van der Waals surface area contributed by atoms with Crippen molar-refractivity contribution in [2.75, 3.05) is 33.3 Å². The van der Waals surface area contributed by atoms with E-state index in [1.54, 1.807) is 4.68 Å². The van der Waals surface area contributed by atoms with Crippen LogP contribution in [0, 0.1) is 12.8 Å². The van der Waals surface area contributed by atoms with Gasteiger partial charge in [0.25, 0.3) is 5.91 Å². The third-order valence-electron chi connectivity index (χ3n) is 6.36. The van der Waals surface area contributed by atoms with Crippen LogP contribution in [0.5, 0.6) is 5.75 Å². The van der Waals surface area contributed by atoms with Gasteiger partial charge in [0.1, 0.15) is 11.4 Å². The molecule has 7 heteroatoms. The van der Waals surface area contributed by atoms with Gasteiger partial charge in [0, 0.05) is 57.5 Å². The smallest absolute Gasteiger partial charge is 0.272 e. The summed E-state index contributed by atoms with van der Waals surface area (Å²) < 4.78 is 7.77. The zero-order chi connectivity index (χ0) is 23.9. The zero-order valence-corrected chi connectivity index (χ0v) is 20.5. The summed E-state index contributed by atoms with van der Waals surface area (Å²) in [6.45, 7) is 5.90. The van der Waals surface area contributed by atoms with E-state index >= 15 is 0 Å². The lowest BCUT2D eigenvalue weighted by Gasteiger charge is -2.32. The number of likely N-dealkylation sites (N-methyl/N-ethyl adjacent to an activating group) is 1. The van der Waals surface area contributed by atoms with Crippen LogP contribution in [0.4, 0.5) is 0 Å². The largest absolute Gasteiger partial charge is 0.493 e. The number of pyridine rings is 1. The molecule has 34 heavy (non-hydrogen) atoms. The molecule has 3 aromatic rings. The van der Waals surface area contributed by atoms with Crippen LogP contribution < -0.4 is 4.74 Å². The van der Waals surface area contributed by atoms with Crippen LogP contribution in [0.1, 0.15) is 40.3 Å². The first-order chi connectivity index (χ1) is 16.5. The molecule has 0 radical (unpaired) electrons. The highest BCUT2D eigenvalue weighted by atomic mass is 16.5. The highest BCUT2D eigenvalue weighted by Crippen LogP contribution is 2.21. The van der Waals surface area contributed by atoms with Crippen LogP contribution >= 0.6 is 0 Å². The first-order valence-corrected chi connectivity index (χ1v) is 12.1. The van der Waals surface area contributed by atoms with E-state index in [0.29, 0.717) is 18.2 Å². The topological polar surface area (TPSA) is 63.5 Å². The van der Waals surface area contributed by atoms with Crippen LogP contribution in [-0.4, -0.2) is 63.8 Å². The van der Waals surface area contributed by atoms with E-state index < -0.39 is 0 Å². The Labute approximate surface area is 202 Å².